The molecule has 0 bridgehead atoms. The first-order chi connectivity index (χ1) is 9.79. The molecular formula is C15H20N2O4. The van der Waals surface area contributed by atoms with Crippen LogP contribution >= 0.6 is 0 Å². The molecule has 0 unspecified atom stereocenters. The van der Waals surface area contributed by atoms with Crippen LogP contribution in [0.4, 0.5) is 5.69 Å². The summed E-state index contributed by atoms with van der Waals surface area (Å²) < 4.78 is 0. The number of carboxylic acids is 1. The highest BCUT2D eigenvalue weighted by Crippen LogP contribution is 2.11. The Morgan fingerprint density at radius 1 is 1.24 bits per heavy atom. The van der Waals surface area contributed by atoms with E-state index in [-0.39, 0.29) is 30.8 Å². The van der Waals surface area contributed by atoms with E-state index in [1.54, 1.807) is 29.2 Å². The van der Waals surface area contributed by atoms with Crippen molar-refractivity contribution in [3.8, 4) is 0 Å². The zero-order valence-electron chi connectivity index (χ0n) is 12.4. The molecule has 6 heteroatoms. The van der Waals surface area contributed by atoms with Crippen molar-refractivity contribution < 1.29 is 19.5 Å². The van der Waals surface area contributed by atoms with Gasteiger partial charge in [-0.3, -0.25) is 19.3 Å². The average Bonchev–Trinajstić information content (AvgIpc) is 2.37. The van der Waals surface area contributed by atoms with Crippen LogP contribution in [-0.4, -0.2) is 46.8 Å². The van der Waals surface area contributed by atoms with Gasteiger partial charge in [0.2, 0.25) is 5.91 Å². The second-order valence-corrected chi connectivity index (χ2v) is 5.08. The van der Waals surface area contributed by atoms with Crippen molar-refractivity contribution in [2.45, 2.75) is 26.8 Å². The van der Waals surface area contributed by atoms with Gasteiger partial charge in [0.05, 0.1) is 13.1 Å². The maximum absolute atomic E-state index is 12.0. The molecule has 114 valence electrons. The SMILES string of the molecule is CC(=O)c1cccc(NC(=O)CN(CC(=O)O)C(C)C)c1. The fourth-order valence-electron chi connectivity index (χ4n) is 1.80. The highest BCUT2D eigenvalue weighted by molar-refractivity contribution is 5.97. The van der Waals surface area contributed by atoms with Gasteiger partial charge in [-0.1, -0.05) is 12.1 Å². The Bertz CT molecular complexity index is 540. The largest absolute Gasteiger partial charge is 0.480 e. The quantitative estimate of drug-likeness (QED) is 0.746. The number of carbonyl (C=O) groups excluding carboxylic acids is 2. The summed E-state index contributed by atoms with van der Waals surface area (Å²) in [5.41, 5.74) is 1.03. The van der Waals surface area contributed by atoms with Crippen LogP contribution in [0.2, 0.25) is 0 Å². The van der Waals surface area contributed by atoms with Crippen molar-refractivity contribution in [3.05, 3.63) is 29.8 Å². The zero-order valence-corrected chi connectivity index (χ0v) is 12.4. The molecule has 2 N–H and O–H groups in total. The van der Waals surface area contributed by atoms with Gasteiger partial charge >= 0.3 is 5.97 Å². The van der Waals surface area contributed by atoms with Crippen LogP contribution in [-0.2, 0) is 9.59 Å². The predicted molar refractivity (Wildman–Crippen MR) is 79.4 cm³/mol. The maximum Gasteiger partial charge on any atom is 0.317 e. The molecular weight excluding hydrogens is 272 g/mol. The number of amides is 1. The van der Waals surface area contributed by atoms with E-state index in [1.807, 2.05) is 13.8 Å². The Hall–Kier alpha value is -2.21. The lowest BCUT2D eigenvalue weighted by molar-refractivity contribution is -0.139. The van der Waals surface area contributed by atoms with Crippen molar-refractivity contribution in [2.75, 3.05) is 18.4 Å². The van der Waals surface area contributed by atoms with Gasteiger partial charge in [0.1, 0.15) is 0 Å². The third-order valence-electron chi connectivity index (χ3n) is 2.97. The fourth-order valence-corrected chi connectivity index (χ4v) is 1.80. The smallest absolute Gasteiger partial charge is 0.317 e. The third kappa shape index (κ3) is 5.74. The van der Waals surface area contributed by atoms with Crippen LogP contribution in [0.25, 0.3) is 0 Å². The van der Waals surface area contributed by atoms with Gasteiger partial charge in [-0.15, -0.1) is 0 Å². The van der Waals surface area contributed by atoms with E-state index in [0.717, 1.165) is 0 Å². The van der Waals surface area contributed by atoms with Gasteiger partial charge in [0.25, 0.3) is 0 Å². The Labute approximate surface area is 123 Å². The lowest BCUT2D eigenvalue weighted by Crippen LogP contribution is -2.41. The second-order valence-electron chi connectivity index (χ2n) is 5.08. The molecule has 21 heavy (non-hydrogen) atoms. The monoisotopic (exact) mass is 292 g/mol. The maximum atomic E-state index is 12.0. The Balaban J connectivity index is 2.69. The number of anilines is 1. The number of ketones is 1. The summed E-state index contributed by atoms with van der Waals surface area (Å²) in [5.74, 6) is -1.37. The number of carbonyl (C=O) groups is 3. The van der Waals surface area contributed by atoms with Crippen molar-refractivity contribution in [1.29, 1.82) is 0 Å². The van der Waals surface area contributed by atoms with Crippen LogP contribution in [0.1, 0.15) is 31.1 Å². The summed E-state index contributed by atoms with van der Waals surface area (Å²) in [4.78, 5) is 35.6. The Kier molecular flexibility index (Phi) is 6.05. The van der Waals surface area contributed by atoms with Gasteiger partial charge in [-0.2, -0.15) is 0 Å². The number of rotatable bonds is 7. The Morgan fingerprint density at radius 3 is 2.43 bits per heavy atom. The molecule has 0 saturated carbocycles. The highest BCUT2D eigenvalue weighted by atomic mass is 16.4. The van der Waals surface area contributed by atoms with E-state index >= 15 is 0 Å². The molecule has 0 radical (unpaired) electrons. The molecule has 0 fully saturated rings. The van der Waals surface area contributed by atoms with Gasteiger partial charge in [-0.25, -0.2) is 0 Å². The third-order valence-corrected chi connectivity index (χ3v) is 2.97. The van der Waals surface area contributed by atoms with Gasteiger partial charge in [-0.05, 0) is 32.9 Å². The van der Waals surface area contributed by atoms with Gasteiger partial charge < -0.3 is 10.4 Å². The standard InChI is InChI=1S/C15H20N2O4/c1-10(2)17(9-15(20)21)8-14(19)16-13-6-4-5-12(7-13)11(3)18/h4-7,10H,8-9H2,1-3H3,(H,16,19)(H,20,21). The average molecular weight is 292 g/mol. The summed E-state index contributed by atoms with van der Waals surface area (Å²) in [6, 6.07) is 6.57. The molecule has 0 heterocycles. The van der Waals surface area contributed by atoms with E-state index in [2.05, 4.69) is 5.32 Å². The topological polar surface area (TPSA) is 86.7 Å². The number of hydrogen-bond donors (Lipinski definition) is 2. The lowest BCUT2D eigenvalue weighted by atomic mass is 10.1. The van der Waals surface area contributed by atoms with E-state index in [9.17, 15) is 14.4 Å². The Morgan fingerprint density at radius 2 is 1.90 bits per heavy atom. The molecule has 0 aliphatic heterocycles. The number of nitrogens with zero attached hydrogens (tertiary/aromatic N) is 1. The van der Waals surface area contributed by atoms with Crippen LogP contribution in [0, 0.1) is 0 Å². The first kappa shape index (κ1) is 16.8. The molecule has 0 aromatic heterocycles. The number of Topliss-reactive ketones (excluding diaryl/α,β-unsaturated/α-hetero) is 1. The second kappa shape index (κ2) is 7.54. The van der Waals surface area contributed by atoms with Crippen molar-refractivity contribution in [1.82, 2.24) is 4.90 Å². The summed E-state index contributed by atoms with van der Waals surface area (Å²) in [6.07, 6.45) is 0. The molecule has 1 aromatic carbocycles. The van der Waals surface area contributed by atoms with Crippen molar-refractivity contribution in [3.63, 3.8) is 0 Å². The molecule has 6 nitrogen and oxygen atoms in total. The zero-order chi connectivity index (χ0) is 16.0. The minimum absolute atomic E-state index is 0.0196. The number of nitrogens with one attached hydrogen (secondary N) is 1. The minimum Gasteiger partial charge on any atom is -0.480 e. The molecule has 0 atom stereocenters. The molecule has 0 saturated heterocycles. The number of benzene rings is 1. The van der Waals surface area contributed by atoms with Crippen LogP contribution in [0.15, 0.2) is 24.3 Å². The van der Waals surface area contributed by atoms with E-state index < -0.39 is 5.97 Å². The van der Waals surface area contributed by atoms with Crippen molar-refractivity contribution >= 4 is 23.3 Å². The fraction of sp³-hybridized carbons (Fsp3) is 0.400. The summed E-state index contributed by atoms with van der Waals surface area (Å²) >= 11 is 0. The van der Waals surface area contributed by atoms with E-state index in [0.29, 0.717) is 11.3 Å². The minimum atomic E-state index is -0.977. The van der Waals surface area contributed by atoms with Gasteiger partial charge in [0.15, 0.2) is 5.78 Å². The van der Waals surface area contributed by atoms with Crippen LogP contribution < -0.4 is 5.32 Å². The van der Waals surface area contributed by atoms with E-state index in [4.69, 9.17) is 5.11 Å². The molecule has 0 spiro atoms. The molecule has 1 aromatic rings. The molecule has 1 rings (SSSR count). The first-order valence-electron chi connectivity index (χ1n) is 6.66. The van der Waals surface area contributed by atoms with Gasteiger partial charge in [0, 0.05) is 17.3 Å². The molecule has 0 aliphatic carbocycles. The number of hydrogen-bond acceptors (Lipinski definition) is 4. The van der Waals surface area contributed by atoms with Crippen molar-refractivity contribution in [2.24, 2.45) is 0 Å². The predicted octanol–water partition coefficient (Wildman–Crippen LogP) is 1.62. The first-order valence-corrected chi connectivity index (χ1v) is 6.66. The highest BCUT2D eigenvalue weighted by Gasteiger charge is 2.17. The summed E-state index contributed by atoms with van der Waals surface area (Å²) in [5, 5.41) is 11.5. The normalized spacial score (nSPS) is 10.7. The lowest BCUT2D eigenvalue weighted by Gasteiger charge is -2.23. The van der Waals surface area contributed by atoms with Crippen LogP contribution in [0.3, 0.4) is 0 Å². The number of aliphatic carboxylic acids is 1. The summed E-state index contributed by atoms with van der Waals surface area (Å²) in [6.45, 7) is 4.89. The number of carboxylic acid groups (broad SMARTS) is 1. The van der Waals surface area contributed by atoms with E-state index in [1.165, 1.54) is 6.92 Å². The summed E-state index contributed by atoms with van der Waals surface area (Å²) in [7, 11) is 0. The molecule has 0 aliphatic rings. The molecule has 1 amide bonds. The van der Waals surface area contributed by atoms with Crippen LogP contribution in [0.5, 0.6) is 0 Å².